The fourth-order valence-electron chi connectivity index (χ4n) is 2.06. The van der Waals surface area contributed by atoms with Crippen LogP contribution in [0.15, 0.2) is 46.9 Å². The molecule has 0 amide bonds. The summed E-state index contributed by atoms with van der Waals surface area (Å²) < 4.78 is 19.4. The fraction of sp³-hybridized carbons (Fsp3) is 0.188. The smallest absolute Gasteiger partial charge is 0.339 e. The van der Waals surface area contributed by atoms with E-state index in [0.717, 1.165) is 0 Å². The monoisotopic (exact) mass is 351 g/mol. The van der Waals surface area contributed by atoms with Gasteiger partial charge in [0.2, 0.25) is 0 Å². The molecule has 1 atom stereocenters. The number of nitrogens with one attached hydrogen (secondary N) is 1. The van der Waals surface area contributed by atoms with Crippen LogP contribution in [0.3, 0.4) is 0 Å². The Bertz CT molecular complexity index is 660. The minimum absolute atomic E-state index is 0.288. The molecule has 1 N–H and O–H groups in total. The molecule has 0 saturated carbocycles. The van der Waals surface area contributed by atoms with Gasteiger partial charge in [0, 0.05) is 15.7 Å². The van der Waals surface area contributed by atoms with Gasteiger partial charge in [-0.3, -0.25) is 0 Å². The molecule has 0 spiro atoms. The highest BCUT2D eigenvalue weighted by molar-refractivity contribution is 9.10. The van der Waals surface area contributed by atoms with E-state index < -0.39 is 5.97 Å². The summed E-state index contributed by atoms with van der Waals surface area (Å²) in [4.78, 5) is 11.7. The van der Waals surface area contributed by atoms with Crippen LogP contribution in [0, 0.1) is 5.82 Å². The van der Waals surface area contributed by atoms with Crippen LogP contribution in [-0.4, -0.2) is 13.1 Å². The number of anilines is 1. The van der Waals surface area contributed by atoms with E-state index in [1.807, 2.05) is 6.92 Å². The third kappa shape index (κ3) is 3.61. The standard InChI is InChI=1S/C16H15BrFNO2/c1-10(12-8-7-11(17)9-14(12)18)19-15-6-4-3-5-13(15)16(20)21-2/h3-10,19H,1-2H3. The zero-order valence-electron chi connectivity index (χ0n) is 11.7. The van der Waals surface area contributed by atoms with Crippen LogP contribution in [0.1, 0.15) is 28.9 Å². The number of benzene rings is 2. The molecule has 2 rings (SSSR count). The summed E-state index contributed by atoms with van der Waals surface area (Å²) in [5, 5.41) is 3.15. The largest absolute Gasteiger partial charge is 0.465 e. The van der Waals surface area contributed by atoms with Crippen LogP contribution >= 0.6 is 15.9 Å². The molecular weight excluding hydrogens is 337 g/mol. The van der Waals surface area contributed by atoms with E-state index in [1.54, 1.807) is 36.4 Å². The van der Waals surface area contributed by atoms with Gasteiger partial charge in [-0.15, -0.1) is 0 Å². The first-order valence-electron chi connectivity index (χ1n) is 6.41. The zero-order valence-corrected chi connectivity index (χ0v) is 13.3. The number of carbonyl (C=O) groups excluding carboxylic acids is 1. The van der Waals surface area contributed by atoms with Crippen molar-refractivity contribution in [1.29, 1.82) is 0 Å². The van der Waals surface area contributed by atoms with Crippen LogP contribution in [0.25, 0.3) is 0 Å². The normalized spacial score (nSPS) is 11.8. The molecule has 3 nitrogen and oxygen atoms in total. The number of esters is 1. The number of rotatable bonds is 4. The van der Waals surface area contributed by atoms with Crippen molar-refractivity contribution >= 4 is 27.6 Å². The molecule has 0 fully saturated rings. The lowest BCUT2D eigenvalue weighted by molar-refractivity contribution is 0.0602. The molecule has 0 aliphatic rings. The number of halogens is 2. The Labute approximate surface area is 131 Å². The van der Waals surface area contributed by atoms with Crippen molar-refractivity contribution in [3.63, 3.8) is 0 Å². The molecule has 0 aromatic heterocycles. The number of methoxy groups -OCH3 is 1. The van der Waals surface area contributed by atoms with Gasteiger partial charge in [-0.05, 0) is 31.2 Å². The fourth-order valence-corrected chi connectivity index (χ4v) is 2.39. The topological polar surface area (TPSA) is 38.3 Å². The van der Waals surface area contributed by atoms with E-state index in [0.29, 0.717) is 21.3 Å². The van der Waals surface area contributed by atoms with Crippen molar-refractivity contribution in [1.82, 2.24) is 0 Å². The highest BCUT2D eigenvalue weighted by atomic mass is 79.9. The molecule has 5 heteroatoms. The Balaban J connectivity index is 2.27. The maximum Gasteiger partial charge on any atom is 0.339 e. The van der Waals surface area contributed by atoms with Crippen LogP contribution < -0.4 is 5.32 Å². The van der Waals surface area contributed by atoms with Crippen LogP contribution in [0.2, 0.25) is 0 Å². The minimum atomic E-state index is -0.429. The second kappa shape index (κ2) is 6.72. The molecule has 0 heterocycles. The van der Waals surface area contributed by atoms with Crippen LogP contribution in [0.4, 0.5) is 10.1 Å². The predicted octanol–water partition coefficient (Wildman–Crippen LogP) is 4.55. The average molecular weight is 352 g/mol. The zero-order chi connectivity index (χ0) is 15.4. The van der Waals surface area contributed by atoms with Gasteiger partial charge < -0.3 is 10.1 Å². The van der Waals surface area contributed by atoms with Crippen molar-refractivity contribution in [2.24, 2.45) is 0 Å². The number of hydrogen-bond donors (Lipinski definition) is 1. The van der Waals surface area contributed by atoms with E-state index in [9.17, 15) is 9.18 Å². The third-order valence-corrected chi connectivity index (χ3v) is 3.63. The van der Waals surface area contributed by atoms with Gasteiger partial charge >= 0.3 is 5.97 Å². The minimum Gasteiger partial charge on any atom is -0.465 e. The van der Waals surface area contributed by atoms with Gasteiger partial charge in [0.15, 0.2) is 0 Å². The van der Waals surface area contributed by atoms with Crippen LogP contribution in [-0.2, 0) is 4.74 Å². The lowest BCUT2D eigenvalue weighted by atomic mass is 10.1. The van der Waals surface area contributed by atoms with Gasteiger partial charge in [0.05, 0.1) is 18.7 Å². The number of ether oxygens (including phenoxy) is 1. The van der Waals surface area contributed by atoms with Gasteiger partial charge in [-0.2, -0.15) is 0 Å². The first kappa shape index (κ1) is 15.5. The van der Waals surface area contributed by atoms with E-state index in [4.69, 9.17) is 4.74 Å². The molecule has 0 aliphatic carbocycles. The lowest BCUT2D eigenvalue weighted by Gasteiger charge is -2.18. The highest BCUT2D eigenvalue weighted by Gasteiger charge is 2.15. The highest BCUT2D eigenvalue weighted by Crippen LogP contribution is 2.26. The molecule has 1 unspecified atom stereocenters. The Morgan fingerprint density at radius 3 is 2.67 bits per heavy atom. The predicted molar refractivity (Wildman–Crippen MR) is 83.9 cm³/mol. The SMILES string of the molecule is COC(=O)c1ccccc1NC(C)c1ccc(Br)cc1F. The van der Waals surface area contributed by atoms with Crippen molar-refractivity contribution < 1.29 is 13.9 Å². The lowest BCUT2D eigenvalue weighted by Crippen LogP contribution is -2.12. The molecule has 0 radical (unpaired) electrons. The summed E-state index contributed by atoms with van der Waals surface area (Å²) in [6, 6.07) is 11.6. The maximum atomic E-state index is 14.0. The summed E-state index contributed by atoms with van der Waals surface area (Å²) in [5.74, 6) is -0.735. The number of hydrogen-bond acceptors (Lipinski definition) is 3. The molecular formula is C16H15BrFNO2. The Morgan fingerprint density at radius 1 is 1.29 bits per heavy atom. The summed E-state index contributed by atoms with van der Waals surface area (Å²) >= 11 is 3.23. The Kier molecular flexibility index (Phi) is 4.96. The van der Waals surface area contributed by atoms with E-state index in [1.165, 1.54) is 13.2 Å². The Hall–Kier alpha value is -1.88. The summed E-state index contributed by atoms with van der Waals surface area (Å²) in [6.45, 7) is 1.83. The first-order valence-corrected chi connectivity index (χ1v) is 7.21. The quantitative estimate of drug-likeness (QED) is 0.821. The van der Waals surface area contributed by atoms with Gasteiger partial charge in [-0.1, -0.05) is 34.1 Å². The summed E-state index contributed by atoms with van der Waals surface area (Å²) in [6.07, 6.45) is 0. The second-order valence-corrected chi connectivity index (χ2v) is 5.48. The van der Waals surface area contributed by atoms with Crippen LogP contribution in [0.5, 0.6) is 0 Å². The second-order valence-electron chi connectivity index (χ2n) is 4.57. The van der Waals surface area contributed by atoms with E-state index in [2.05, 4.69) is 21.2 Å². The van der Waals surface area contributed by atoms with Gasteiger partial charge in [-0.25, -0.2) is 9.18 Å². The molecule has 0 saturated heterocycles. The van der Waals surface area contributed by atoms with Gasteiger partial charge in [0.1, 0.15) is 5.82 Å². The summed E-state index contributed by atoms with van der Waals surface area (Å²) in [7, 11) is 1.33. The number of para-hydroxylation sites is 1. The average Bonchev–Trinajstić information content (AvgIpc) is 2.46. The molecule has 21 heavy (non-hydrogen) atoms. The van der Waals surface area contributed by atoms with E-state index >= 15 is 0 Å². The number of carbonyl (C=O) groups is 1. The first-order chi connectivity index (χ1) is 10.0. The van der Waals surface area contributed by atoms with Gasteiger partial charge in [0.25, 0.3) is 0 Å². The van der Waals surface area contributed by atoms with Crippen molar-refractivity contribution in [2.45, 2.75) is 13.0 Å². The third-order valence-electron chi connectivity index (χ3n) is 3.13. The van der Waals surface area contributed by atoms with Crippen molar-refractivity contribution in [2.75, 3.05) is 12.4 Å². The molecule has 0 bridgehead atoms. The summed E-state index contributed by atoms with van der Waals surface area (Å²) in [5.41, 5.74) is 1.56. The molecule has 110 valence electrons. The Morgan fingerprint density at radius 2 is 2.00 bits per heavy atom. The van der Waals surface area contributed by atoms with E-state index in [-0.39, 0.29) is 11.9 Å². The maximum absolute atomic E-state index is 14.0. The molecule has 2 aromatic rings. The molecule has 2 aromatic carbocycles. The van der Waals surface area contributed by atoms with Crippen molar-refractivity contribution in [3.05, 3.63) is 63.9 Å². The molecule has 0 aliphatic heterocycles. The van der Waals surface area contributed by atoms with Crippen molar-refractivity contribution in [3.8, 4) is 0 Å².